The van der Waals surface area contributed by atoms with Gasteiger partial charge in [-0.15, -0.1) is 0 Å². The Balaban J connectivity index is 2.16. The van der Waals surface area contributed by atoms with Crippen molar-refractivity contribution in [3.05, 3.63) is 73.4 Å². The van der Waals surface area contributed by atoms with Crippen LogP contribution in [0.1, 0.15) is 27.2 Å². The molecule has 3 aromatic rings. The van der Waals surface area contributed by atoms with Crippen molar-refractivity contribution in [3.63, 3.8) is 0 Å². The summed E-state index contributed by atoms with van der Waals surface area (Å²) in [6.45, 7) is 1.87. The van der Waals surface area contributed by atoms with Gasteiger partial charge in [-0.3, -0.25) is 4.79 Å². The van der Waals surface area contributed by atoms with E-state index in [2.05, 4.69) is 26.1 Å². The maximum Gasteiger partial charge on any atom is 0.338 e. The second-order valence-corrected chi connectivity index (χ2v) is 6.24. The number of fused-ring (bicyclic) bond motifs is 1. The summed E-state index contributed by atoms with van der Waals surface area (Å²) in [5.74, 6) is -2.11. The minimum atomic E-state index is -1.33. The van der Waals surface area contributed by atoms with Gasteiger partial charge in [0.2, 0.25) is 0 Å². The number of benzene rings is 2. The van der Waals surface area contributed by atoms with Gasteiger partial charge in [-0.2, -0.15) is 5.10 Å². The Morgan fingerprint density at radius 1 is 1.33 bits per heavy atom. The predicted molar refractivity (Wildman–Crippen MR) is 91.0 cm³/mol. The Hall–Kier alpha value is -2.54. The number of aromatic carboxylic acids is 1. The van der Waals surface area contributed by atoms with E-state index in [0.29, 0.717) is 22.0 Å². The largest absolute Gasteiger partial charge is 0.478 e. The number of rotatable bonds is 3. The molecule has 0 fully saturated rings. The highest BCUT2D eigenvalue weighted by molar-refractivity contribution is 9.10. The zero-order chi connectivity index (χ0) is 17.4. The van der Waals surface area contributed by atoms with Crippen molar-refractivity contribution in [2.75, 3.05) is 0 Å². The van der Waals surface area contributed by atoms with Crippen LogP contribution in [0.4, 0.5) is 4.39 Å². The second kappa shape index (κ2) is 6.16. The number of H-pyrrole nitrogens is 1. The van der Waals surface area contributed by atoms with Crippen molar-refractivity contribution < 1.29 is 14.3 Å². The van der Waals surface area contributed by atoms with Gasteiger partial charge in [0.25, 0.3) is 5.56 Å². The Morgan fingerprint density at radius 3 is 2.79 bits per heavy atom. The normalized spacial score (nSPS) is 11.0. The van der Waals surface area contributed by atoms with Crippen LogP contribution in [0, 0.1) is 12.7 Å². The Labute approximate surface area is 144 Å². The fraction of sp³-hybridized carbons (Fsp3) is 0.118. The number of aromatic amines is 1. The summed E-state index contributed by atoms with van der Waals surface area (Å²) in [6, 6.07) is 7.40. The Bertz CT molecular complexity index is 1030. The van der Waals surface area contributed by atoms with Gasteiger partial charge >= 0.3 is 5.97 Å². The number of carboxylic acids is 1. The summed E-state index contributed by atoms with van der Waals surface area (Å²) in [7, 11) is 0. The molecule has 7 heteroatoms. The molecule has 0 aliphatic rings. The highest BCUT2D eigenvalue weighted by Crippen LogP contribution is 2.27. The number of carboxylic acid groups (broad SMARTS) is 1. The fourth-order valence-electron chi connectivity index (χ4n) is 2.65. The smallest absolute Gasteiger partial charge is 0.338 e. The molecule has 1 aromatic heterocycles. The number of halogens is 2. The lowest BCUT2D eigenvalue weighted by Gasteiger charge is -2.10. The van der Waals surface area contributed by atoms with Crippen LogP contribution < -0.4 is 5.56 Å². The molecule has 0 unspecified atom stereocenters. The third-order valence-corrected chi connectivity index (χ3v) is 4.72. The highest BCUT2D eigenvalue weighted by atomic mass is 79.9. The number of hydrogen-bond acceptors (Lipinski definition) is 3. The molecule has 1 heterocycles. The lowest BCUT2D eigenvalue weighted by Crippen LogP contribution is -2.12. The van der Waals surface area contributed by atoms with Crippen molar-refractivity contribution in [1.82, 2.24) is 10.2 Å². The number of aryl methyl sites for hydroxylation is 1. The minimum absolute atomic E-state index is 0.269. The Kier molecular flexibility index (Phi) is 4.19. The van der Waals surface area contributed by atoms with Gasteiger partial charge in [-0.1, -0.05) is 22.0 Å². The quantitative estimate of drug-likeness (QED) is 0.717. The predicted octanol–water partition coefficient (Wildman–Crippen LogP) is 3.42. The van der Waals surface area contributed by atoms with Crippen LogP contribution >= 0.6 is 15.9 Å². The van der Waals surface area contributed by atoms with Gasteiger partial charge in [0.1, 0.15) is 5.82 Å². The first-order chi connectivity index (χ1) is 11.4. The second-order valence-electron chi connectivity index (χ2n) is 5.39. The molecular formula is C17H12BrFN2O3. The monoisotopic (exact) mass is 390 g/mol. The van der Waals surface area contributed by atoms with Gasteiger partial charge in [-0.05, 0) is 42.3 Å². The van der Waals surface area contributed by atoms with E-state index in [1.165, 1.54) is 12.1 Å². The van der Waals surface area contributed by atoms with E-state index in [1.807, 2.05) is 6.92 Å². The Morgan fingerprint density at radius 2 is 2.08 bits per heavy atom. The number of nitrogens with zero attached hydrogens (tertiary/aromatic N) is 1. The van der Waals surface area contributed by atoms with Crippen molar-refractivity contribution in [2.45, 2.75) is 13.3 Å². The maximum atomic E-state index is 13.5. The third-order valence-electron chi connectivity index (χ3n) is 3.86. The number of nitrogens with one attached hydrogen (secondary N) is 1. The van der Waals surface area contributed by atoms with Crippen molar-refractivity contribution >= 4 is 32.7 Å². The van der Waals surface area contributed by atoms with E-state index in [0.717, 1.165) is 16.1 Å². The van der Waals surface area contributed by atoms with Crippen LogP contribution in [0.25, 0.3) is 10.8 Å². The summed E-state index contributed by atoms with van der Waals surface area (Å²) in [6.07, 6.45) is 0.269. The molecule has 0 aliphatic heterocycles. The molecule has 0 radical (unpaired) electrons. The molecular weight excluding hydrogens is 379 g/mol. The lowest BCUT2D eigenvalue weighted by atomic mass is 10.00. The molecule has 0 saturated carbocycles. The van der Waals surface area contributed by atoms with Crippen LogP contribution in [0.15, 0.2) is 39.6 Å². The van der Waals surface area contributed by atoms with Gasteiger partial charge in [0, 0.05) is 16.3 Å². The van der Waals surface area contributed by atoms with Crippen LogP contribution in [0.5, 0.6) is 0 Å². The molecule has 0 amide bonds. The molecule has 24 heavy (non-hydrogen) atoms. The molecule has 5 nitrogen and oxygen atoms in total. The first-order valence-electron chi connectivity index (χ1n) is 7.06. The summed E-state index contributed by atoms with van der Waals surface area (Å²) in [5.41, 5.74) is 1.36. The molecule has 0 aliphatic carbocycles. The van der Waals surface area contributed by atoms with Crippen LogP contribution in [0.2, 0.25) is 0 Å². The van der Waals surface area contributed by atoms with E-state index in [4.69, 9.17) is 5.11 Å². The summed E-state index contributed by atoms with van der Waals surface area (Å²) < 4.78 is 14.4. The third kappa shape index (κ3) is 2.82. The zero-order valence-corrected chi connectivity index (χ0v) is 14.1. The molecule has 0 saturated heterocycles. The fourth-order valence-corrected chi connectivity index (χ4v) is 2.98. The van der Waals surface area contributed by atoms with Gasteiger partial charge in [-0.25, -0.2) is 14.3 Å². The van der Waals surface area contributed by atoms with E-state index < -0.39 is 11.8 Å². The average Bonchev–Trinajstić information content (AvgIpc) is 2.54. The molecule has 0 atom stereocenters. The van der Waals surface area contributed by atoms with Crippen molar-refractivity contribution in [3.8, 4) is 0 Å². The standard InChI is InChI=1S/C17H12BrFN2O3/c1-8-12(18)4-3-10-15(8)14(20-21-16(10)22)7-9-2-5-13(19)11(6-9)17(23)24/h2-6H,7H2,1H3,(H,21,22)(H,23,24). The van der Waals surface area contributed by atoms with E-state index >= 15 is 0 Å². The van der Waals surface area contributed by atoms with Crippen molar-refractivity contribution in [2.24, 2.45) is 0 Å². The first-order valence-corrected chi connectivity index (χ1v) is 7.86. The maximum absolute atomic E-state index is 13.5. The number of hydrogen-bond donors (Lipinski definition) is 2. The lowest BCUT2D eigenvalue weighted by molar-refractivity contribution is 0.0691. The number of carbonyl (C=O) groups is 1. The van der Waals surface area contributed by atoms with Gasteiger partial charge < -0.3 is 5.11 Å². The van der Waals surface area contributed by atoms with Crippen molar-refractivity contribution in [1.29, 1.82) is 0 Å². The van der Waals surface area contributed by atoms with E-state index in [1.54, 1.807) is 12.1 Å². The molecule has 0 spiro atoms. The molecule has 0 bridgehead atoms. The topological polar surface area (TPSA) is 83.0 Å². The number of aromatic nitrogens is 2. The summed E-state index contributed by atoms with van der Waals surface area (Å²) >= 11 is 3.43. The van der Waals surface area contributed by atoms with Gasteiger partial charge in [0.15, 0.2) is 0 Å². The first kappa shape index (κ1) is 16.3. The summed E-state index contributed by atoms with van der Waals surface area (Å²) in [4.78, 5) is 23.0. The van der Waals surface area contributed by atoms with Crippen LogP contribution in [-0.4, -0.2) is 21.3 Å². The SMILES string of the molecule is Cc1c(Br)ccc2c(=O)[nH]nc(Cc3ccc(F)c(C(=O)O)c3)c12. The molecule has 2 aromatic carbocycles. The molecule has 3 rings (SSSR count). The summed E-state index contributed by atoms with van der Waals surface area (Å²) in [5, 5.41) is 16.8. The van der Waals surface area contributed by atoms with Crippen LogP contribution in [-0.2, 0) is 6.42 Å². The average molecular weight is 391 g/mol. The van der Waals surface area contributed by atoms with Gasteiger partial charge in [0.05, 0.1) is 16.6 Å². The van der Waals surface area contributed by atoms with Crippen LogP contribution in [0.3, 0.4) is 0 Å². The van der Waals surface area contributed by atoms with E-state index in [9.17, 15) is 14.0 Å². The van der Waals surface area contributed by atoms with E-state index in [-0.39, 0.29) is 17.5 Å². The molecule has 2 N–H and O–H groups in total. The molecule has 122 valence electrons. The zero-order valence-electron chi connectivity index (χ0n) is 12.6. The highest BCUT2D eigenvalue weighted by Gasteiger charge is 2.15. The minimum Gasteiger partial charge on any atom is -0.478 e.